The first-order valence-electron chi connectivity index (χ1n) is 8.04. The van der Waals surface area contributed by atoms with Crippen LogP contribution in [0.15, 0.2) is 54.4 Å². The van der Waals surface area contributed by atoms with Gasteiger partial charge in [-0.3, -0.25) is 0 Å². The highest BCUT2D eigenvalue weighted by Gasteiger charge is 2.07. The molecule has 0 saturated heterocycles. The van der Waals surface area contributed by atoms with Crippen LogP contribution in [0.25, 0.3) is 15.8 Å². The number of hydrogen-bond donors (Lipinski definition) is 0. The Morgan fingerprint density at radius 1 is 1.12 bits per heavy atom. The summed E-state index contributed by atoms with van der Waals surface area (Å²) in [4.78, 5) is 8.55. The maximum atomic E-state index is 6.97. The number of nitrogens with zero attached hydrogens (tertiary/aromatic N) is 3. The lowest BCUT2D eigenvalue weighted by atomic mass is 10.1. The Hall–Kier alpha value is -3.08. The van der Waals surface area contributed by atoms with Crippen LogP contribution in [0.3, 0.4) is 0 Å². The molecule has 0 bridgehead atoms. The van der Waals surface area contributed by atoms with Gasteiger partial charge in [0.2, 0.25) is 0 Å². The predicted octanol–water partition coefficient (Wildman–Crippen LogP) is 4.79. The highest BCUT2D eigenvalue weighted by molar-refractivity contribution is 5.63. The number of rotatable bonds is 7. The van der Waals surface area contributed by atoms with Crippen LogP contribution < -0.4 is 4.90 Å². The van der Waals surface area contributed by atoms with E-state index >= 15 is 0 Å². The lowest BCUT2D eigenvalue weighted by molar-refractivity contribution is 0.127. The van der Waals surface area contributed by atoms with Gasteiger partial charge >= 0.3 is 5.82 Å². The summed E-state index contributed by atoms with van der Waals surface area (Å²) in [5.74, 6) is 0.0820. The second-order valence-electron chi connectivity index (χ2n) is 5.73. The Morgan fingerprint density at radius 3 is 2.48 bits per heavy atom. The Kier molecular flexibility index (Phi) is 6.77. The zero-order valence-electron chi connectivity index (χ0n) is 14.6. The number of aryl methyl sites for hydroxylation is 1. The van der Waals surface area contributed by atoms with Crippen molar-refractivity contribution in [1.29, 1.82) is 0 Å². The third-order valence-corrected chi connectivity index (χ3v) is 3.89. The van der Waals surface area contributed by atoms with E-state index in [-0.39, 0.29) is 5.82 Å². The number of anilines is 1. The van der Waals surface area contributed by atoms with Crippen molar-refractivity contribution in [3.8, 4) is 0 Å². The molecule has 4 heteroatoms. The molecule has 0 fully saturated rings. The zero-order valence-corrected chi connectivity index (χ0v) is 14.6. The van der Waals surface area contributed by atoms with Gasteiger partial charge in [-0.15, -0.1) is 0 Å². The highest BCUT2D eigenvalue weighted by atomic mass is 16.5. The number of likely N-dealkylation sites (N-methyl/N-ethyl adjacent to an activating group) is 1. The van der Waals surface area contributed by atoms with Gasteiger partial charge in [0.1, 0.15) is 13.1 Å². The molecule has 2 aromatic carbocycles. The SMILES string of the molecule is [C-]#[N+]C(=Cc1ccc(N(C)CCOCc2ccccc2)cc1C)[N+]#[C-]. The minimum absolute atomic E-state index is 0.0820. The van der Waals surface area contributed by atoms with Crippen LogP contribution in [0, 0.1) is 20.1 Å². The van der Waals surface area contributed by atoms with Crippen molar-refractivity contribution in [3.63, 3.8) is 0 Å². The molecule has 0 radical (unpaired) electrons. The second-order valence-corrected chi connectivity index (χ2v) is 5.73. The van der Waals surface area contributed by atoms with E-state index in [0.717, 1.165) is 23.4 Å². The van der Waals surface area contributed by atoms with E-state index in [0.29, 0.717) is 13.2 Å². The summed E-state index contributed by atoms with van der Waals surface area (Å²) in [7, 11) is 2.03. The Labute approximate surface area is 149 Å². The van der Waals surface area contributed by atoms with Crippen LogP contribution >= 0.6 is 0 Å². The van der Waals surface area contributed by atoms with Crippen molar-refractivity contribution in [2.24, 2.45) is 0 Å². The predicted molar refractivity (Wildman–Crippen MR) is 102 cm³/mol. The molecule has 2 rings (SSSR count). The Balaban J connectivity index is 1.91. The zero-order chi connectivity index (χ0) is 18.1. The van der Waals surface area contributed by atoms with E-state index in [1.165, 1.54) is 5.56 Å². The molecular weight excluding hydrogens is 310 g/mol. The Morgan fingerprint density at radius 2 is 1.84 bits per heavy atom. The van der Waals surface area contributed by atoms with Crippen LogP contribution in [0.1, 0.15) is 16.7 Å². The molecule has 0 N–H and O–H groups in total. The van der Waals surface area contributed by atoms with Gasteiger partial charge in [-0.2, -0.15) is 9.69 Å². The van der Waals surface area contributed by atoms with Gasteiger partial charge in [0, 0.05) is 25.4 Å². The molecule has 4 nitrogen and oxygen atoms in total. The summed E-state index contributed by atoms with van der Waals surface area (Å²) in [5, 5.41) is 0. The maximum Gasteiger partial charge on any atom is 0.519 e. The molecule has 126 valence electrons. The van der Waals surface area contributed by atoms with Gasteiger partial charge in [0.05, 0.1) is 13.2 Å². The van der Waals surface area contributed by atoms with Gasteiger partial charge in [-0.25, -0.2) is 0 Å². The fraction of sp³-hybridized carbons (Fsp3) is 0.238. The lowest BCUT2D eigenvalue weighted by Gasteiger charge is -2.20. The molecule has 0 heterocycles. The maximum absolute atomic E-state index is 6.97. The van der Waals surface area contributed by atoms with E-state index in [1.54, 1.807) is 6.08 Å². The average molecular weight is 331 g/mol. The first kappa shape index (κ1) is 18.3. The number of ether oxygens (including phenoxy) is 1. The molecule has 2 aromatic rings. The van der Waals surface area contributed by atoms with Crippen molar-refractivity contribution < 1.29 is 4.74 Å². The molecule has 0 spiro atoms. The Bertz CT molecular complexity index is 797. The van der Waals surface area contributed by atoms with Gasteiger partial charge in [0.15, 0.2) is 0 Å². The van der Waals surface area contributed by atoms with Gasteiger partial charge in [-0.05, 0) is 35.7 Å². The normalized spacial score (nSPS) is 9.76. The molecule has 0 aliphatic heterocycles. The van der Waals surface area contributed by atoms with Gasteiger partial charge in [-0.1, -0.05) is 36.4 Å². The number of hydrogen-bond acceptors (Lipinski definition) is 2. The molecule has 0 aliphatic rings. The molecule has 25 heavy (non-hydrogen) atoms. The van der Waals surface area contributed by atoms with Crippen molar-refractivity contribution in [3.05, 3.63) is 93.9 Å². The third kappa shape index (κ3) is 5.49. The first-order chi connectivity index (χ1) is 12.1. The summed E-state index contributed by atoms with van der Waals surface area (Å²) in [6.07, 6.45) is 1.63. The summed E-state index contributed by atoms with van der Waals surface area (Å²) >= 11 is 0. The molecule has 0 atom stereocenters. The average Bonchev–Trinajstić information content (AvgIpc) is 2.65. The van der Waals surface area contributed by atoms with Crippen molar-refractivity contribution >= 4 is 11.8 Å². The molecule has 0 saturated carbocycles. The standard InChI is InChI=1S/C21H21N3O/c1-17-14-20(11-10-19(17)15-21(22-2)23-3)24(4)12-13-25-16-18-8-6-5-7-9-18/h5-11,14-15H,12-13,16H2,1,4H3. The van der Waals surface area contributed by atoms with Crippen LogP contribution in [-0.4, -0.2) is 20.2 Å². The van der Waals surface area contributed by atoms with Crippen LogP contribution in [0.2, 0.25) is 0 Å². The van der Waals surface area contributed by atoms with Crippen molar-refractivity contribution in [2.75, 3.05) is 25.1 Å². The second kappa shape index (κ2) is 9.27. The third-order valence-electron chi connectivity index (χ3n) is 3.89. The molecular formula is C21H21N3O. The van der Waals surface area contributed by atoms with Crippen LogP contribution in [0.5, 0.6) is 0 Å². The summed E-state index contributed by atoms with van der Waals surface area (Å²) in [6, 6.07) is 16.1. The monoisotopic (exact) mass is 331 g/mol. The fourth-order valence-electron chi connectivity index (χ4n) is 2.38. The van der Waals surface area contributed by atoms with Gasteiger partial charge in [0.25, 0.3) is 0 Å². The van der Waals surface area contributed by atoms with Gasteiger partial charge < -0.3 is 9.64 Å². The van der Waals surface area contributed by atoms with Crippen LogP contribution in [0.4, 0.5) is 5.69 Å². The van der Waals surface area contributed by atoms with Crippen molar-refractivity contribution in [2.45, 2.75) is 13.5 Å². The fourth-order valence-corrected chi connectivity index (χ4v) is 2.38. The van der Waals surface area contributed by atoms with Crippen molar-refractivity contribution in [1.82, 2.24) is 0 Å². The minimum atomic E-state index is 0.0820. The van der Waals surface area contributed by atoms with E-state index in [9.17, 15) is 0 Å². The smallest absolute Gasteiger partial charge is 0.375 e. The molecule has 0 unspecified atom stereocenters. The highest BCUT2D eigenvalue weighted by Crippen LogP contribution is 2.21. The summed E-state index contributed by atoms with van der Waals surface area (Å²) < 4.78 is 5.73. The number of benzene rings is 2. The molecule has 0 amide bonds. The largest absolute Gasteiger partial charge is 0.519 e. The first-order valence-corrected chi connectivity index (χ1v) is 8.04. The van der Waals surface area contributed by atoms with E-state index in [1.807, 2.05) is 44.3 Å². The van der Waals surface area contributed by atoms with E-state index in [2.05, 4.69) is 32.8 Å². The van der Waals surface area contributed by atoms with E-state index < -0.39 is 0 Å². The lowest BCUT2D eigenvalue weighted by Crippen LogP contribution is -2.22. The summed E-state index contributed by atoms with van der Waals surface area (Å²) in [6.45, 7) is 18.0. The topological polar surface area (TPSA) is 21.2 Å². The van der Waals surface area contributed by atoms with E-state index in [4.69, 9.17) is 17.9 Å². The quantitative estimate of drug-likeness (QED) is 0.537. The minimum Gasteiger partial charge on any atom is -0.375 e. The van der Waals surface area contributed by atoms with Crippen LogP contribution in [-0.2, 0) is 11.3 Å². The molecule has 0 aliphatic carbocycles. The molecule has 0 aromatic heterocycles. The summed E-state index contributed by atoms with van der Waals surface area (Å²) in [5.41, 5.74) is 4.21.